The molecule has 2 unspecified atom stereocenters. The molecule has 22 aromatic rings. The minimum absolute atomic E-state index is 0.500. The van der Waals surface area contributed by atoms with Gasteiger partial charge in [0.05, 0.1) is 55.7 Å². The van der Waals surface area contributed by atoms with Crippen molar-refractivity contribution in [1.82, 2.24) is 29.1 Å². The molecule has 0 amide bonds. The lowest BCUT2D eigenvalue weighted by atomic mass is 9.67. The van der Waals surface area contributed by atoms with E-state index in [-0.39, 0.29) is 0 Å². The van der Waals surface area contributed by atoms with Crippen molar-refractivity contribution in [3.63, 3.8) is 0 Å². The third-order valence-corrected chi connectivity index (χ3v) is 25.0. The minimum Gasteiger partial charge on any atom is -0.309 e. The lowest BCUT2D eigenvalue weighted by molar-refractivity contribution is 0.769. The molecule has 0 radical (unpaired) electrons. The van der Waals surface area contributed by atoms with Crippen LogP contribution < -0.4 is 0 Å². The van der Waals surface area contributed by atoms with Gasteiger partial charge in [0.25, 0.3) is 0 Å². The molecular formula is C114H74N6. The normalized spacial score (nSPS) is 14.4. The second kappa shape index (κ2) is 28.6. The Morgan fingerprint density at radius 2 is 0.492 bits per heavy atom. The van der Waals surface area contributed by atoms with Gasteiger partial charge in [0, 0.05) is 66.3 Å². The molecule has 0 saturated heterocycles. The third kappa shape index (κ3) is 11.2. The molecule has 0 spiro atoms. The Kier molecular flexibility index (Phi) is 16.6. The molecule has 0 aliphatic heterocycles. The lowest BCUT2D eigenvalue weighted by Gasteiger charge is -2.34. The van der Waals surface area contributed by atoms with Gasteiger partial charge >= 0.3 is 0 Å². The van der Waals surface area contributed by atoms with Crippen molar-refractivity contribution in [3.05, 3.63) is 493 Å². The number of hydrogen-bond acceptors (Lipinski definition) is 4. The number of hydrogen-bond donors (Lipinski definition) is 0. The molecule has 18 aromatic carbocycles. The molecule has 2 aliphatic carbocycles. The number of aromatic nitrogens is 6. The fraction of sp³-hybridized carbons (Fsp3) is 0.0175. The van der Waals surface area contributed by atoms with E-state index < -0.39 is 10.8 Å². The third-order valence-electron chi connectivity index (χ3n) is 25.0. The SMILES string of the molecule is c1ccc(-c2nc(-c3ccc(-n4c5ccccc5c5ccccc54)cc3)cc(-c3ccc(C4(c5ccccc5)c5ccccc5-c5c4ccc4ccccc54)cc3)n2)cc1.c1ccc(-c2nc(-c3ccc(C4(c5ccccc5)c5ccccc5-c5c4ccc4ccccc54)cc3)cc(-c3cccc(-n4c5ccccc5c5ccccc54)c3)n2)cc1. The van der Waals surface area contributed by atoms with Gasteiger partial charge in [-0.2, -0.15) is 0 Å². The van der Waals surface area contributed by atoms with Gasteiger partial charge in [-0.15, -0.1) is 0 Å². The van der Waals surface area contributed by atoms with Crippen LogP contribution in [0.1, 0.15) is 44.5 Å². The molecule has 0 saturated carbocycles. The lowest BCUT2D eigenvalue weighted by Crippen LogP contribution is -2.28. The number of benzene rings is 18. The fourth-order valence-corrected chi connectivity index (χ4v) is 19.7. The van der Waals surface area contributed by atoms with Crippen LogP contribution in [0.15, 0.2) is 449 Å². The van der Waals surface area contributed by atoms with Crippen LogP contribution in [0.3, 0.4) is 0 Å². The molecule has 2 atom stereocenters. The van der Waals surface area contributed by atoms with Gasteiger partial charge in [-0.25, -0.2) is 19.9 Å². The minimum atomic E-state index is -0.505. The van der Waals surface area contributed by atoms with Gasteiger partial charge in [-0.05, 0) is 149 Å². The van der Waals surface area contributed by atoms with Crippen molar-refractivity contribution in [1.29, 1.82) is 0 Å². The Hall–Kier alpha value is -15.8. The van der Waals surface area contributed by atoms with Crippen molar-refractivity contribution in [2.45, 2.75) is 10.8 Å². The average molecular weight is 1530 g/mol. The largest absolute Gasteiger partial charge is 0.309 e. The maximum Gasteiger partial charge on any atom is 0.160 e. The Balaban J connectivity index is 0.000000140. The highest BCUT2D eigenvalue weighted by Crippen LogP contribution is 2.60. The summed E-state index contributed by atoms with van der Waals surface area (Å²) >= 11 is 0. The van der Waals surface area contributed by atoms with Crippen LogP contribution in [0.2, 0.25) is 0 Å². The Morgan fingerprint density at radius 3 is 0.900 bits per heavy atom. The Morgan fingerprint density at radius 1 is 0.183 bits per heavy atom. The topological polar surface area (TPSA) is 61.4 Å². The molecule has 4 heterocycles. The zero-order chi connectivity index (χ0) is 79.2. The van der Waals surface area contributed by atoms with Crippen LogP contribution in [0.4, 0.5) is 0 Å². The van der Waals surface area contributed by atoms with Crippen molar-refractivity contribution >= 4 is 65.2 Å². The van der Waals surface area contributed by atoms with Crippen LogP contribution in [0.25, 0.3) is 167 Å². The van der Waals surface area contributed by atoms with E-state index in [0.29, 0.717) is 11.6 Å². The molecular weight excluding hydrogens is 1450 g/mol. The summed E-state index contributed by atoms with van der Waals surface area (Å²) in [5.41, 5.74) is 30.9. The maximum atomic E-state index is 5.25. The Bertz CT molecular complexity index is 7640. The first kappa shape index (κ1) is 69.7. The van der Waals surface area contributed by atoms with Crippen LogP contribution in [-0.2, 0) is 10.8 Å². The average Bonchev–Trinajstić information content (AvgIpc) is 1.53. The summed E-state index contributed by atoms with van der Waals surface area (Å²) in [6, 6.07) is 162. The first-order valence-corrected chi connectivity index (χ1v) is 41.2. The highest BCUT2D eigenvalue weighted by Gasteiger charge is 2.48. The van der Waals surface area contributed by atoms with E-state index in [0.717, 1.165) is 67.5 Å². The Labute approximate surface area is 695 Å². The maximum absolute atomic E-state index is 5.25. The van der Waals surface area contributed by atoms with Crippen molar-refractivity contribution in [3.8, 4) is 101 Å². The predicted octanol–water partition coefficient (Wildman–Crippen LogP) is 28.2. The van der Waals surface area contributed by atoms with E-state index in [4.69, 9.17) is 19.9 Å². The summed E-state index contributed by atoms with van der Waals surface area (Å²) in [6.45, 7) is 0. The molecule has 4 aromatic heterocycles. The quantitative estimate of drug-likeness (QED) is 0.122. The van der Waals surface area contributed by atoms with E-state index in [9.17, 15) is 0 Å². The first-order chi connectivity index (χ1) is 59.5. The molecule has 6 heteroatoms. The highest BCUT2D eigenvalue weighted by molar-refractivity contribution is 6.11. The van der Waals surface area contributed by atoms with Crippen LogP contribution >= 0.6 is 0 Å². The predicted molar refractivity (Wildman–Crippen MR) is 495 cm³/mol. The van der Waals surface area contributed by atoms with Crippen LogP contribution in [0.5, 0.6) is 0 Å². The smallest absolute Gasteiger partial charge is 0.160 e. The number of nitrogens with zero attached hydrogens (tertiary/aromatic N) is 6. The second-order valence-electron chi connectivity index (χ2n) is 31.4. The summed E-state index contributed by atoms with van der Waals surface area (Å²) < 4.78 is 4.71. The van der Waals surface area contributed by atoms with E-state index >= 15 is 0 Å². The second-order valence-corrected chi connectivity index (χ2v) is 31.4. The standard InChI is InChI=1S/2C57H37N3/c1-3-17-40(18-4-1)56-58-51(37-52(59-56)41-19-15-22-44(36-41)60-53-28-13-10-24-46(53)47-25-11-14-29-54(47)60)39-30-33-43(34-31-39)57(42-20-5-2-6-21-42)49-27-12-9-26-48(49)55-45-23-8-7-16-38(45)32-35-50(55)57;1-3-16-41(17-4-1)56-58-51(37-52(59-56)40-29-34-44(35-30-40)60-53-25-13-10-21-46(53)47-22-11-14-26-54(47)60)39-27-32-43(33-28-39)57(42-18-5-2-6-19-42)49-24-12-9-23-48(49)55-45-20-8-7-15-38(45)31-36-50(55)57/h2*1-37H. The molecule has 0 N–H and O–H groups in total. The van der Waals surface area contributed by atoms with Crippen LogP contribution in [0, 0.1) is 0 Å². The molecule has 6 nitrogen and oxygen atoms in total. The fourth-order valence-electron chi connectivity index (χ4n) is 19.7. The van der Waals surface area contributed by atoms with E-state index in [1.165, 1.54) is 132 Å². The summed E-state index contributed by atoms with van der Waals surface area (Å²) in [4.78, 5) is 20.9. The van der Waals surface area contributed by atoms with Crippen molar-refractivity contribution in [2.75, 3.05) is 0 Å². The summed E-state index contributed by atoms with van der Waals surface area (Å²) in [6.07, 6.45) is 0. The van der Waals surface area contributed by atoms with E-state index in [2.05, 4.69) is 422 Å². The van der Waals surface area contributed by atoms with Gasteiger partial charge < -0.3 is 9.13 Å². The molecule has 0 bridgehead atoms. The molecule has 2 aliphatic rings. The molecule has 0 fully saturated rings. The number of para-hydroxylation sites is 4. The number of rotatable bonds is 12. The summed E-state index contributed by atoms with van der Waals surface area (Å²) in [5.74, 6) is 1.39. The highest BCUT2D eigenvalue weighted by atomic mass is 15.0. The van der Waals surface area contributed by atoms with Gasteiger partial charge in [-0.1, -0.05) is 388 Å². The zero-order valence-corrected chi connectivity index (χ0v) is 65.4. The van der Waals surface area contributed by atoms with Crippen molar-refractivity contribution < 1.29 is 0 Å². The van der Waals surface area contributed by atoms with Gasteiger partial charge in [0.1, 0.15) is 0 Å². The molecule has 560 valence electrons. The monoisotopic (exact) mass is 1530 g/mol. The van der Waals surface area contributed by atoms with Crippen molar-refractivity contribution in [2.24, 2.45) is 0 Å². The summed E-state index contributed by atoms with van der Waals surface area (Å²) in [5, 5.41) is 10.0. The summed E-state index contributed by atoms with van der Waals surface area (Å²) in [7, 11) is 0. The molecule has 120 heavy (non-hydrogen) atoms. The molecule has 24 rings (SSSR count). The first-order valence-electron chi connectivity index (χ1n) is 41.2. The van der Waals surface area contributed by atoms with Gasteiger partial charge in [-0.3, -0.25) is 0 Å². The van der Waals surface area contributed by atoms with Gasteiger partial charge in [0.15, 0.2) is 11.6 Å². The van der Waals surface area contributed by atoms with Gasteiger partial charge in [0.2, 0.25) is 0 Å². The zero-order valence-electron chi connectivity index (χ0n) is 65.4. The van der Waals surface area contributed by atoms with E-state index in [1.54, 1.807) is 0 Å². The number of fused-ring (bicyclic) bond motifs is 16. The van der Waals surface area contributed by atoms with Crippen LogP contribution in [-0.4, -0.2) is 29.1 Å². The van der Waals surface area contributed by atoms with E-state index in [1.807, 2.05) is 36.4 Å².